The van der Waals surface area contributed by atoms with Crippen molar-refractivity contribution < 1.29 is 19.4 Å². The molecule has 1 aliphatic carbocycles. The Balaban J connectivity index is 1.41. The molecular formula is C29H35N3O5S. The van der Waals surface area contributed by atoms with Gasteiger partial charge in [-0.2, -0.15) is 0 Å². The largest absolute Gasteiger partial charge is 0.506 e. The lowest BCUT2D eigenvalue weighted by molar-refractivity contribution is -0.132. The van der Waals surface area contributed by atoms with E-state index in [9.17, 15) is 19.5 Å². The molecule has 3 N–H and O–H groups in total. The zero-order valence-electron chi connectivity index (χ0n) is 21.5. The van der Waals surface area contributed by atoms with Crippen LogP contribution in [0.5, 0.6) is 5.75 Å². The second kappa shape index (κ2) is 13.3. The number of carbonyl (C=O) groups excluding carboxylic acids is 2. The molecule has 0 spiro atoms. The van der Waals surface area contributed by atoms with Crippen molar-refractivity contribution in [2.24, 2.45) is 0 Å². The van der Waals surface area contributed by atoms with E-state index in [1.165, 1.54) is 25.0 Å². The predicted molar refractivity (Wildman–Crippen MR) is 150 cm³/mol. The van der Waals surface area contributed by atoms with Gasteiger partial charge in [-0.1, -0.05) is 80.0 Å². The van der Waals surface area contributed by atoms with Crippen LogP contribution in [0.15, 0.2) is 59.9 Å². The summed E-state index contributed by atoms with van der Waals surface area (Å²) in [6, 6.07) is 13.0. The van der Waals surface area contributed by atoms with Crippen LogP contribution in [0.3, 0.4) is 0 Å². The van der Waals surface area contributed by atoms with E-state index in [-0.39, 0.29) is 35.2 Å². The van der Waals surface area contributed by atoms with Crippen LogP contribution in [0.1, 0.15) is 49.7 Å². The normalized spacial score (nSPS) is 14.9. The van der Waals surface area contributed by atoms with Crippen molar-refractivity contribution in [1.29, 1.82) is 0 Å². The molecule has 2 amide bonds. The average Bonchev–Trinajstić information content (AvgIpc) is 3.13. The SMILES string of the molecule is C=CC(=O)N(C1CCCCCC1)C(COC(=O)NCCc1ccc(O)c2[nH]c(=O)sc12)Cc1ccccc1. The van der Waals surface area contributed by atoms with E-state index in [1.54, 1.807) is 6.07 Å². The molecule has 9 heteroatoms. The Labute approximate surface area is 226 Å². The quantitative estimate of drug-likeness (QED) is 0.251. The van der Waals surface area contributed by atoms with Crippen LogP contribution >= 0.6 is 11.3 Å². The van der Waals surface area contributed by atoms with Gasteiger partial charge in [-0.3, -0.25) is 9.59 Å². The number of aromatic nitrogens is 1. The summed E-state index contributed by atoms with van der Waals surface area (Å²) in [4.78, 5) is 41.7. The number of hydrogen-bond acceptors (Lipinski definition) is 6. The molecule has 0 bridgehead atoms. The first-order valence-electron chi connectivity index (χ1n) is 13.2. The maximum atomic E-state index is 13.1. The molecule has 4 rings (SSSR count). The molecule has 8 nitrogen and oxygen atoms in total. The van der Waals surface area contributed by atoms with E-state index in [1.807, 2.05) is 35.2 Å². The Morgan fingerprint density at radius 3 is 2.61 bits per heavy atom. The molecule has 202 valence electrons. The number of amides is 2. The van der Waals surface area contributed by atoms with Crippen molar-refractivity contribution >= 4 is 33.6 Å². The van der Waals surface area contributed by atoms with E-state index >= 15 is 0 Å². The highest BCUT2D eigenvalue weighted by Crippen LogP contribution is 2.28. The number of nitrogens with zero attached hydrogens (tertiary/aromatic N) is 1. The number of alkyl carbamates (subject to hydrolysis) is 1. The molecule has 3 aromatic rings. The number of fused-ring (bicyclic) bond motifs is 1. The Kier molecular flexibility index (Phi) is 9.59. The van der Waals surface area contributed by atoms with Crippen molar-refractivity contribution in [1.82, 2.24) is 15.2 Å². The van der Waals surface area contributed by atoms with E-state index in [0.29, 0.717) is 29.6 Å². The fraction of sp³-hybridized carbons (Fsp3) is 0.414. The zero-order chi connectivity index (χ0) is 26.9. The minimum atomic E-state index is -0.563. The van der Waals surface area contributed by atoms with Crippen LogP contribution in [0, 0.1) is 0 Å². The number of rotatable bonds is 10. The van der Waals surface area contributed by atoms with E-state index in [2.05, 4.69) is 16.9 Å². The molecule has 1 aliphatic rings. The summed E-state index contributed by atoms with van der Waals surface area (Å²) in [7, 11) is 0. The molecule has 38 heavy (non-hydrogen) atoms. The molecule has 0 radical (unpaired) electrons. The number of hydrogen-bond donors (Lipinski definition) is 3. The third-order valence-corrected chi connectivity index (χ3v) is 8.02. The molecule has 0 aliphatic heterocycles. The molecular weight excluding hydrogens is 502 g/mol. The highest BCUT2D eigenvalue weighted by atomic mass is 32.1. The summed E-state index contributed by atoms with van der Waals surface area (Å²) in [6.07, 6.45) is 8.19. The lowest BCUT2D eigenvalue weighted by Crippen LogP contribution is -2.50. The van der Waals surface area contributed by atoms with Gasteiger partial charge in [0.05, 0.1) is 10.7 Å². The highest BCUT2D eigenvalue weighted by molar-refractivity contribution is 7.16. The smallest absolute Gasteiger partial charge is 0.407 e. The number of phenols is 1. The number of phenolic OH excluding ortho intramolecular Hbond substituents is 1. The van der Waals surface area contributed by atoms with Gasteiger partial charge in [-0.25, -0.2) is 4.79 Å². The monoisotopic (exact) mass is 537 g/mol. The molecule has 1 unspecified atom stereocenters. The van der Waals surface area contributed by atoms with Crippen LogP contribution in [0.25, 0.3) is 10.2 Å². The maximum Gasteiger partial charge on any atom is 0.407 e. The summed E-state index contributed by atoms with van der Waals surface area (Å²) < 4.78 is 6.33. The average molecular weight is 538 g/mol. The van der Waals surface area contributed by atoms with Gasteiger partial charge < -0.3 is 25.0 Å². The number of ether oxygens (including phenoxy) is 1. The van der Waals surface area contributed by atoms with Crippen LogP contribution in [0.4, 0.5) is 4.79 Å². The van der Waals surface area contributed by atoms with Crippen LogP contribution < -0.4 is 10.2 Å². The van der Waals surface area contributed by atoms with Crippen LogP contribution in [-0.4, -0.2) is 52.2 Å². The number of aromatic hydroxyl groups is 1. The Morgan fingerprint density at radius 1 is 1.16 bits per heavy atom. The first-order chi connectivity index (χ1) is 18.5. The third-order valence-electron chi connectivity index (χ3n) is 7.06. The van der Waals surface area contributed by atoms with Crippen molar-refractivity contribution in [3.05, 3.63) is 75.9 Å². The summed E-state index contributed by atoms with van der Waals surface area (Å²) in [5.41, 5.74) is 2.33. The number of aromatic amines is 1. The maximum absolute atomic E-state index is 13.1. The Morgan fingerprint density at radius 2 is 1.89 bits per heavy atom. The third kappa shape index (κ3) is 7.04. The van der Waals surface area contributed by atoms with Crippen LogP contribution in [0.2, 0.25) is 0 Å². The summed E-state index contributed by atoms with van der Waals surface area (Å²) in [6.45, 7) is 4.10. The van der Waals surface area contributed by atoms with Gasteiger partial charge in [0, 0.05) is 12.6 Å². The fourth-order valence-electron chi connectivity index (χ4n) is 5.22. The highest BCUT2D eigenvalue weighted by Gasteiger charge is 2.31. The van der Waals surface area contributed by atoms with E-state index in [4.69, 9.17) is 4.74 Å². The minimum Gasteiger partial charge on any atom is -0.506 e. The second-order valence-corrected chi connectivity index (χ2v) is 10.7. The predicted octanol–water partition coefficient (Wildman–Crippen LogP) is 4.91. The van der Waals surface area contributed by atoms with Crippen molar-refractivity contribution in [3.63, 3.8) is 0 Å². The molecule has 0 saturated heterocycles. The lowest BCUT2D eigenvalue weighted by atomic mass is 9.99. The zero-order valence-corrected chi connectivity index (χ0v) is 22.3. The molecule has 1 aromatic heterocycles. The minimum absolute atomic E-state index is 0.0196. The molecule has 2 aromatic carbocycles. The molecule has 1 atom stereocenters. The van der Waals surface area contributed by atoms with Gasteiger partial charge in [0.2, 0.25) is 5.91 Å². The van der Waals surface area contributed by atoms with Gasteiger partial charge in [-0.05, 0) is 49.0 Å². The first kappa shape index (κ1) is 27.4. The number of nitrogens with one attached hydrogen (secondary N) is 2. The summed E-state index contributed by atoms with van der Waals surface area (Å²) >= 11 is 1.03. The van der Waals surface area contributed by atoms with Crippen LogP contribution in [-0.2, 0) is 22.4 Å². The summed E-state index contributed by atoms with van der Waals surface area (Å²) in [5, 5.41) is 12.8. The van der Waals surface area contributed by atoms with Crippen molar-refractivity contribution in [2.45, 2.75) is 63.5 Å². The lowest BCUT2D eigenvalue weighted by Gasteiger charge is -2.37. The molecule has 1 heterocycles. The van der Waals surface area contributed by atoms with Gasteiger partial charge >= 0.3 is 11.0 Å². The number of H-pyrrole nitrogens is 1. The number of benzene rings is 2. The van der Waals surface area contributed by atoms with E-state index < -0.39 is 6.09 Å². The van der Waals surface area contributed by atoms with Gasteiger partial charge in [-0.15, -0.1) is 0 Å². The Bertz CT molecular complexity index is 1290. The van der Waals surface area contributed by atoms with Gasteiger partial charge in [0.1, 0.15) is 17.9 Å². The van der Waals surface area contributed by atoms with Crippen molar-refractivity contribution in [2.75, 3.05) is 13.2 Å². The number of carbonyl (C=O) groups is 2. The first-order valence-corrected chi connectivity index (χ1v) is 14.0. The van der Waals surface area contributed by atoms with Gasteiger partial charge in [0.15, 0.2) is 0 Å². The molecule has 1 saturated carbocycles. The Hall–Kier alpha value is -3.59. The van der Waals surface area contributed by atoms with E-state index in [0.717, 1.165) is 48.1 Å². The summed E-state index contributed by atoms with van der Waals surface area (Å²) in [5.74, 6) is -0.116. The second-order valence-electron chi connectivity index (χ2n) is 9.68. The molecule has 1 fully saturated rings. The number of thiazole rings is 1. The standard InChI is InChI=1S/C29H35N3O5S/c1-2-25(34)32(22-12-8-3-4-9-13-22)23(18-20-10-6-5-7-11-20)19-37-28(35)30-17-16-21-14-15-24(33)26-27(21)38-29(36)31-26/h2,5-7,10-11,14-15,22-23,33H,1,3-4,8-9,12-13,16-19H2,(H,30,35)(H,31,36). The fourth-order valence-corrected chi connectivity index (χ4v) is 6.11. The van der Waals surface area contributed by atoms with Gasteiger partial charge in [0.25, 0.3) is 0 Å². The topological polar surface area (TPSA) is 112 Å². The van der Waals surface area contributed by atoms with Crippen molar-refractivity contribution in [3.8, 4) is 5.75 Å².